The molecule has 1 aliphatic rings. The Morgan fingerprint density at radius 1 is 1.05 bits per heavy atom. The molecule has 3 rings (SSSR count). The van der Waals surface area contributed by atoms with Crippen molar-refractivity contribution < 1.29 is 14.0 Å². The quantitative estimate of drug-likeness (QED) is 0.844. The van der Waals surface area contributed by atoms with E-state index in [1.54, 1.807) is 40.3 Å². The second-order valence-corrected chi connectivity index (χ2v) is 5.20. The fourth-order valence-corrected chi connectivity index (χ4v) is 2.55. The van der Waals surface area contributed by atoms with Gasteiger partial charge in [0.05, 0.1) is 11.8 Å². The summed E-state index contributed by atoms with van der Waals surface area (Å²) in [4.78, 5) is 32.3. The first kappa shape index (κ1) is 14.3. The first-order valence-electron chi connectivity index (χ1n) is 7.20. The molecule has 0 saturated carbocycles. The summed E-state index contributed by atoms with van der Waals surface area (Å²) in [6.07, 6.45) is 3.16. The predicted molar refractivity (Wildman–Crippen MR) is 79.5 cm³/mol. The molecule has 0 aromatic carbocycles. The van der Waals surface area contributed by atoms with Crippen molar-refractivity contribution in [2.75, 3.05) is 26.2 Å². The number of aryl methyl sites for hydroxylation is 1. The van der Waals surface area contributed by atoms with Gasteiger partial charge >= 0.3 is 0 Å². The van der Waals surface area contributed by atoms with Crippen molar-refractivity contribution in [3.63, 3.8) is 0 Å². The van der Waals surface area contributed by atoms with Crippen LogP contribution in [0.3, 0.4) is 0 Å². The maximum atomic E-state index is 12.5. The monoisotopic (exact) mass is 299 g/mol. The van der Waals surface area contributed by atoms with Crippen molar-refractivity contribution >= 4 is 11.8 Å². The molecular weight excluding hydrogens is 282 g/mol. The molecule has 1 fully saturated rings. The van der Waals surface area contributed by atoms with E-state index in [1.807, 2.05) is 6.92 Å². The molecule has 1 aliphatic heterocycles. The minimum absolute atomic E-state index is 0.0318. The van der Waals surface area contributed by atoms with Crippen molar-refractivity contribution in [3.8, 4) is 0 Å². The number of pyridine rings is 1. The molecule has 0 atom stereocenters. The second kappa shape index (κ2) is 6.01. The van der Waals surface area contributed by atoms with Gasteiger partial charge in [-0.1, -0.05) is 0 Å². The Kier molecular flexibility index (Phi) is 3.91. The summed E-state index contributed by atoms with van der Waals surface area (Å²) in [6, 6.07) is 6.89. The number of furan rings is 1. The molecule has 114 valence electrons. The molecular formula is C16H17N3O3. The number of aromatic nitrogens is 1. The van der Waals surface area contributed by atoms with Crippen LogP contribution in [0.2, 0.25) is 0 Å². The van der Waals surface area contributed by atoms with Crippen LogP contribution in [0.5, 0.6) is 0 Å². The van der Waals surface area contributed by atoms with Crippen molar-refractivity contribution in [2.24, 2.45) is 0 Å². The number of hydrogen-bond acceptors (Lipinski definition) is 4. The van der Waals surface area contributed by atoms with Crippen LogP contribution in [0.4, 0.5) is 0 Å². The molecule has 2 aromatic heterocycles. The Balaban J connectivity index is 1.63. The molecule has 1 saturated heterocycles. The average molecular weight is 299 g/mol. The van der Waals surface area contributed by atoms with Crippen LogP contribution in [-0.2, 0) is 0 Å². The molecule has 2 aromatic rings. The smallest absolute Gasteiger partial charge is 0.289 e. The number of hydrogen-bond donors (Lipinski definition) is 0. The number of nitrogens with zero attached hydrogens (tertiary/aromatic N) is 3. The molecule has 0 N–H and O–H groups in total. The van der Waals surface area contributed by atoms with E-state index in [0.717, 1.165) is 5.69 Å². The van der Waals surface area contributed by atoms with E-state index in [2.05, 4.69) is 4.98 Å². The van der Waals surface area contributed by atoms with E-state index < -0.39 is 0 Å². The second-order valence-electron chi connectivity index (χ2n) is 5.20. The lowest BCUT2D eigenvalue weighted by Crippen LogP contribution is -2.50. The van der Waals surface area contributed by atoms with Gasteiger partial charge in [0.15, 0.2) is 5.76 Å². The van der Waals surface area contributed by atoms with Gasteiger partial charge in [0, 0.05) is 38.1 Å². The molecule has 22 heavy (non-hydrogen) atoms. The summed E-state index contributed by atoms with van der Waals surface area (Å²) < 4.78 is 5.13. The highest BCUT2D eigenvalue weighted by atomic mass is 16.3. The van der Waals surface area contributed by atoms with Gasteiger partial charge in [0.2, 0.25) is 0 Å². The molecule has 0 radical (unpaired) electrons. The maximum Gasteiger partial charge on any atom is 0.289 e. The highest BCUT2D eigenvalue weighted by Gasteiger charge is 2.27. The first-order valence-corrected chi connectivity index (χ1v) is 7.20. The van der Waals surface area contributed by atoms with E-state index in [1.165, 1.54) is 6.26 Å². The summed E-state index contributed by atoms with van der Waals surface area (Å²) >= 11 is 0. The molecule has 6 nitrogen and oxygen atoms in total. The van der Waals surface area contributed by atoms with Crippen LogP contribution in [0.15, 0.2) is 41.1 Å². The summed E-state index contributed by atoms with van der Waals surface area (Å²) in [7, 11) is 0. The SMILES string of the molecule is Cc1ncccc1C(=O)N1CCN(C(=O)c2ccco2)CC1. The summed E-state index contributed by atoms with van der Waals surface area (Å²) in [5, 5.41) is 0. The zero-order chi connectivity index (χ0) is 15.5. The lowest BCUT2D eigenvalue weighted by Gasteiger charge is -2.34. The highest BCUT2D eigenvalue weighted by Crippen LogP contribution is 2.13. The number of carbonyl (C=O) groups is 2. The molecule has 6 heteroatoms. The Morgan fingerprint density at radius 2 is 1.73 bits per heavy atom. The Morgan fingerprint density at radius 3 is 2.32 bits per heavy atom. The summed E-state index contributed by atoms with van der Waals surface area (Å²) in [5.41, 5.74) is 1.34. The molecule has 0 aliphatic carbocycles. The molecule has 0 unspecified atom stereocenters. The van der Waals surface area contributed by atoms with Crippen LogP contribution >= 0.6 is 0 Å². The summed E-state index contributed by atoms with van der Waals surface area (Å²) in [6.45, 7) is 3.86. The van der Waals surface area contributed by atoms with Gasteiger partial charge < -0.3 is 14.2 Å². The van der Waals surface area contributed by atoms with E-state index >= 15 is 0 Å². The number of piperazine rings is 1. The fourth-order valence-electron chi connectivity index (χ4n) is 2.55. The van der Waals surface area contributed by atoms with Crippen LogP contribution in [0, 0.1) is 6.92 Å². The van der Waals surface area contributed by atoms with Crippen molar-refractivity contribution in [2.45, 2.75) is 6.92 Å². The van der Waals surface area contributed by atoms with Gasteiger partial charge in [-0.05, 0) is 31.2 Å². The van der Waals surface area contributed by atoms with Gasteiger partial charge in [0.1, 0.15) is 0 Å². The molecule has 0 bridgehead atoms. The van der Waals surface area contributed by atoms with E-state index in [9.17, 15) is 9.59 Å². The number of carbonyl (C=O) groups excluding carboxylic acids is 2. The zero-order valence-electron chi connectivity index (χ0n) is 12.4. The van der Waals surface area contributed by atoms with Gasteiger partial charge in [-0.15, -0.1) is 0 Å². The van der Waals surface area contributed by atoms with Crippen molar-refractivity contribution in [1.82, 2.24) is 14.8 Å². The predicted octanol–water partition coefficient (Wildman–Crippen LogP) is 1.58. The highest BCUT2D eigenvalue weighted by molar-refractivity contribution is 5.95. The Bertz CT molecular complexity index is 674. The zero-order valence-corrected chi connectivity index (χ0v) is 12.4. The van der Waals surface area contributed by atoms with Crippen LogP contribution in [-0.4, -0.2) is 52.8 Å². The van der Waals surface area contributed by atoms with Gasteiger partial charge in [-0.2, -0.15) is 0 Å². The maximum absolute atomic E-state index is 12.5. The Hall–Kier alpha value is -2.63. The fraction of sp³-hybridized carbons (Fsp3) is 0.312. The average Bonchev–Trinajstić information content (AvgIpc) is 3.09. The minimum atomic E-state index is -0.130. The lowest BCUT2D eigenvalue weighted by atomic mass is 10.1. The third-order valence-electron chi connectivity index (χ3n) is 3.82. The first-order chi connectivity index (χ1) is 10.7. The van der Waals surface area contributed by atoms with Gasteiger partial charge in [-0.3, -0.25) is 14.6 Å². The van der Waals surface area contributed by atoms with Crippen LogP contribution in [0.25, 0.3) is 0 Å². The summed E-state index contributed by atoms with van der Waals surface area (Å²) in [5.74, 6) is 0.174. The lowest BCUT2D eigenvalue weighted by molar-refractivity contribution is 0.0517. The van der Waals surface area contributed by atoms with Gasteiger partial charge in [0.25, 0.3) is 11.8 Å². The number of amides is 2. The van der Waals surface area contributed by atoms with E-state index in [0.29, 0.717) is 37.5 Å². The van der Waals surface area contributed by atoms with Crippen LogP contribution < -0.4 is 0 Å². The Labute approximate surface area is 128 Å². The third kappa shape index (κ3) is 2.72. The number of rotatable bonds is 2. The van der Waals surface area contributed by atoms with Crippen molar-refractivity contribution in [3.05, 3.63) is 53.7 Å². The molecule has 3 heterocycles. The molecule has 2 amide bonds. The molecule has 0 spiro atoms. The third-order valence-corrected chi connectivity index (χ3v) is 3.82. The topological polar surface area (TPSA) is 66.7 Å². The van der Waals surface area contributed by atoms with Crippen LogP contribution in [0.1, 0.15) is 26.6 Å². The van der Waals surface area contributed by atoms with E-state index in [4.69, 9.17) is 4.42 Å². The normalized spacial score (nSPS) is 15.0. The standard InChI is InChI=1S/C16H17N3O3/c1-12-13(4-2-6-17-12)15(20)18-7-9-19(10-8-18)16(21)14-5-3-11-22-14/h2-6,11H,7-10H2,1H3. The largest absolute Gasteiger partial charge is 0.459 e. The van der Waals surface area contributed by atoms with Crippen molar-refractivity contribution in [1.29, 1.82) is 0 Å². The minimum Gasteiger partial charge on any atom is -0.459 e. The van der Waals surface area contributed by atoms with Gasteiger partial charge in [-0.25, -0.2) is 0 Å². The van der Waals surface area contributed by atoms with E-state index in [-0.39, 0.29) is 11.8 Å².